The van der Waals surface area contributed by atoms with Gasteiger partial charge in [0, 0.05) is 0 Å². The number of carboxylic acids is 2. The van der Waals surface area contributed by atoms with E-state index in [4.69, 9.17) is 20.4 Å². The number of aliphatic carboxylic acids is 2. The lowest BCUT2D eigenvalue weighted by atomic mass is 10.2. The van der Waals surface area contributed by atoms with E-state index in [1.807, 2.05) is 0 Å². The van der Waals surface area contributed by atoms with E-state index in [1.54, 1.807) is 12.1 Å². The first-order valence-corrected chi connectivity index (χ1v) is 9.66. The number of esters is 4. The maximum absolute atomic E-state index is 11.7. The van der Waals surface area contributed by atoms with Gasteiger partial charge in [-0.3, -0.25) is 0 Å². The summed E-state index contributed by atoms with van der Waals surface area (Å²) in [7, 11) is 0. The van der Waals surface area contributed by atoms with Gasteiger partial charge in [-0.05, 0) is 24.3 Å². The monoisotopic (exact) mass is 508 g/mol. The highest BCUT2D eigenvalue weighted by Crippen LogP contribution is 2.07. The molecule has 0 aliphatic carbocycles. The van der Waals surface area contributed by atoms with Gasteiger partial charge < -0.3 is 40.1 Å². The zero-order valence-electron chi connectivity index (χ0n) is 18.0. The van der Waals surface area contributed by atoms with Crippen LogP contribution in [0, 0.1) is 0 Å². The first kappa shape index (κ1) is 29.5. The van der Waals surface area contributed by atoms with Crippen molar-refractivity contribution in [3.63, 3.8) is 0 Å². The van der Waals surface area contributed by atoms with Crippen LogP contribution in [0.4, 0.5) is 0 Å². The molecule has 14 nitrogen and oxygen atoms in total. The molecule has 6 N–H and O–H groups in total. The standard InChI is InChI=1S/C18H14O8.C4H6O6/c19-13(17(23)25-15(21)11-7-3-1-4-8-11)14(20)18(24)26-16(22)12-9-5-2-6-10-12;5-1(3(7)8)2(6)4(9)10/h1-10,13-14,19-20H;1-2,5-6H,(H,7,8)(H,9,10). The molecule has 0 amide bonds. The first-order valence-electron chi connectivity index (χ1n) is 9.66. The zero-order valence-corrected chi connectivity index (χ0v) is 18.0. The van der Waals surface area contributed by atoms with Gasteiger partial charge in [0.2, 0.25) is 0 Å². The molecule has 0 spiro atoms. The Morgan fingerprint density at radius 2 is 0.778 bits per heavy atom. The van der Waals surface area contributed by atoms with Crippen LogP contribution in [0.1, 0.15) is 20.7 Å². The molecule has 4 unspecified atom stereocenters. The van der Waals surface area contributed by atoms with Crippen LogP contribution in [0.15, 0.2) is 60.7 Å². The molecule has 4 atom stereocenters. The topological polar surface area (TPSA) is 242 Å². The number of hydrogen-bond donors (Lipinski definition) is 6. The first-order chi connectivity index (χ1) is 16.9. The minimum atomic E-state index is -2.40. The van der Waals surface area contributed by atoms with Crippen molar-refractivity contribution < 1.29 is 68.9 Å². The number of aliphatic hydroxyl groups is 4. The van der Waals surface area contributed by atoms with Crippen LogP contribution in [-0.4, -0.2) is 90.9 Å². The molecular weight excluding hydrogens is 488 g/mol. The highest BCUT2D eigenvalue weighted by Gasteiger charge is 2.35. The molecule has 36 heavy (non-hydrogen) atoms. The van der Waals surface area contributed by atoms with Gasteiger partial charge in [0.05, 0.1) is 11.1 Å². The average molecular weight is 508 g/mol. The van der Waals surface area contributed by atoms with Crippen molar-refractivity contribution in [3.8, 4) is 0 Å². The molecule has 2 aromatic rings. The van der Waals surface area contributed by atoms with Crippen LogP contribution in [0.3, 0.4) is 0 Å². The smallest absolute Gasteiger partial charge is 0.346 e. The van der Waals surface area contributed by atoms with Crippen LogP contribution in [0.5, 0.6) is 0 Å². The maximum atomic E-state index is 11.7. The molecule has 192 valence electrons. The molecule has 2 aromatic carbocycles. The van der Waals surface area contributed by atoms with Gasteiger partial charge in [-0.1, -0.05) is 36.4 Å². The molecular formula is C22H20O14. The molecule has 0 saturated heterocycles. The minimum Gasteiger partial charge on any atom is -0.479 e. The van der Waals surface area contributed by atoms with Gasteiger partial charge in [-0.15, -0.1) is 0 Å². The van der Waals surface area contributed by atoms with Crippen molar-refractivity contribution >= 4 is 35.8 Å². The molecule has 0 fully saturated rings. The van der Waals surface area contributed by atoms with Crippen LogP contribution >= 0.6 is 0 Å². The van der Waals surface area contributed by atoms with Gasteiger partial charge in [-0.2, -0.15) is 0 Å². The normalized spacial score (nSPS) is 13.4. The Morgan fingerprint density at radius 1 is 0.500 bits per heavy atom. The summed E-state index contributed by atoms with van der Waals surface area (Å²) in [5.41, 5.74) is 0.0637. The fourth-order valence-electron chi connectivity index (χ4n) is 2.10. The minimum absolute atomic E-state index is 0.0318. The van der Waals surface area contributed by atoms with Gasteiger partial charge in [0.25, 0.3) is 0 Å². The molecule has 0 radical (unpaired) electrons. The highest BCUT2D eigenvalue weighted by molar-refractivity contribution is 6.01. The summed E-state index contributed by atoms with van der Waals surface area (Å²) in [5, 5.41) is 51.8. The van der Waals surface area contributed by atoms with E-state index in [9.17, 15) is 39.0 Å². The number of benzene rings is 2. The third kappa shape index (κ3) is 9.03. The van der Waals surface area contributed by atoms with Crippen molar-refractivity contribution in [1.82, 2.24) is 0 Å². The summed E-state index contributed by atoms with van der Waals surface area (Å²) in [6, 6.07) is 14.8. The number of carbonyl (C=O) groups is 6. The number of carbonyl (C=O) groups excluding carboxylic acids is 4. The molecule has 0 aliphatic heterocycles. The summed E-state index contributed by atoms with van der Waals surface area (Å²) in [6.07, 6.45) is -9.34. The second-order valence-electron chi connectivity index (χ2n) is 6.60. The highest BCUT2D eigenvalue weighted by atomic mass is 16.6. The summed E-state index contributed by atoms with van der Waals surface area (Å²) in [4.78, 5) is 66.3. The van der Waals surface area contributed by atoms with Crippen LogP contribution in [0.2, 0.25) is 0 Å². The van der Waals surface area contributed by atoms with E-state index in [1.165, 1.54) is 48.5 Å². The molecule has 0 saturated carbocycles. The third-order valence-electron chi connectivity index (χ3n) is 3.99. The van der Waals surface area contributed by atoms with Crippen molar-refractivity contribution in [2.45, 2.75) is 24.4 Å². The maximum Gasteiger partial charge on any atom is 0.346 e. The van der Waals surface area contributed by atoms with E-state index in [0.717, 1.165) is 0 Å². The molecule has 0 heterocycles. The van der Waals surface area contributed by atoms with Gasteiger partial charge in [-0.25, -0.2) is 28.8 Å². The Hall–Kier alpha value is -4.50. The Kier molecular flexibility index (Phi) is 11.5. The van der Waals surface area contributed by atoms with Gasteiger partial charge in [0.1, 0.15) is 0 Å². The molecule has 0 bridgehead atoms. The van der Waals surface area contributed by atoms with Crippen molar-refractivity contribution in [3.05, 3.63) is 71.8 Å². The van der Waals surface area contributed by atoms with Crippen molar-refractivity contribution in [1.29, 1.82) is 0 Å². The zero-order chi connectivity index (χ0) is 27.4. The van der Waals surface area contributed by atoms with E-state index in [-0.39, 0.29) is 11.1 Å². The lowest BCUT2D eigenvalue weighted by Gasteiger charge is -2.14. The van der Waals surface area contributed by atoms with Gasteiger partial charge >= 0.3 is 35.8 Å². The average Bonchev–Trinajstić information content (AvgIpc) is 2.87. The SMILES string of the molecule is O=C(O)C(O)C(O)C(=O)O.O=C(OC(=O)C(O)C(O)C(=O)OC(=O)c1ccccc1)c1ccccc1. The Balaban J connectivity index is 0.000000548. The Bertz CT molecular complexity index is 995. The number of carboxylic acid groups (broad SMARTS) is 2. The second-order valence-corrected chi connectivity index (χ2v) is 6.60. The predicted molar refractivity (Wildman–Crippen MR) is 113 cm³/mol. The lowest BCUT2D eigenvalue weighted by Crippen LogP contribution is -2.43. The van der Waals surface area contributed by atoms with E-state index in [0.29, 0.717) is 0 Å². The summed E-state index contributed by atoms with van der Waals surface area (Å²) in [5.74, 6) is -8.80. The largest absolute Gasteiger partial charge is 0.479 e. The summed E-state index contributed by atoms with van der Waals surface area (Å²) >= 11 is 0. The predicted octanol–water partition coefficient (Wildman–Crippen LogP) is -1.65. The van der Waals surface area contributed by atoms with Crippen LogP contribution in [-0.2, 0) is 28.7 Å². The second kappa shape index (κ2) is 14.0. The van der Waals surface area contributed by atoms with Crippen molar-refractivity contribution in [2.75, 3.05) is 0 Å². The molecule has 0 aromatic heterocycles. The summed E-state index contributed by atoms with van der Waals surface area (Å²) in [6.45, 7) is 0. The van der Waals surface area contributed by atoms with E-state index < -0.39 is 60.2 Å². The van der Waals surface area contributed by atoms with Crippen LogP contribution in [0.25, 0.3) is 0 Å². The third-order valence-corrected chi connectivity index (χ3v) is 3.99. The lowest BCUT2D eigenvalue weighted by molar-refractivity contribution is -0.166. The van der Waals surface area contributed by atoms with E-state index >= 15 is 0 Å². The molecule has 14 heteroatoms. The van der Waals surface area contributed by atoms with Gasteiger partial charge in [0.15, 0.2) is 24.4 Å². The van der Waals surface area contributed by atoms with Crippen molar-refractivity contribution in [2.24, 2.45) is 0 Å². The fraction of sp³-hybridized carbons (Fsp3) is 0.182. The number of ether oxygens (including phenoxy) is 2. The quantitative estimate of drug-likeness (QED) is 0.173. The number of rotatable bonds is 8. The Labute approximate surface area is 201 Å². The van der Waals surface area contributed by atoms with Crippen LogP contribution < -0.4 is 0 Å². The molecule has 0 aliphatic rings. The Morgan fingerprint density at radius 3 is 1.03 bits per heavy atom. The summed E-state index contributed by atoms with van der Waals surface area (Å²) < 4.78 is 8.76. The van der Waals surface area contributed by atoms with E-state index in [2.05, 4.69) is 9.47 Å². The number of aliphatic hydroxyl groups excluding tert-OH is 4. The number of hydrogen-bond acceptors (Lipinski definition) is 12. The molecule has 2 rings (SSSR count). The fourth-order valence-corrected chi connectivity index (χ4v) is 2.10.